The number of nitrogen functional groups attached to an aromatic ring is 2. The molecule has 0 radical (unpaired) electrons. The zero-order valence-corrected chi connectivity index (χ0v) is 12.9. The average molecular weight is 308 g/mol. The minimum Gasteiger partial charge on any atom is -0.399 e. The van der Waals surface area contributed by atoms with E-state index >= 15 is 0 Å². The second kappa shape index (κ2) is 5.53. The van der Waals surface area contributed by atoms with Crippen LogP contribution >= 0.6 is 0 Å². The van der Waals surface area contributed by atoms with Crippen LogP contribution in [-0.2, 0) is 0 Å². The second-order valence-electron chi connectivity index (χ2n) is 6.17. The van der Waals surface area contributed by atoms with Crippen molar-refractivity contribution in [2.24, 2.45) is 0 Å². The first-order valence-corrected chi connectivity index (χ1v) is 8.08. The molecule has 1 aliphatic carbocycles. The van der Waals surface area contributed by atoms with E-state index in [0.29, 0.717) is 28.9 Å². The first kappa shape index (κ1) is 14.0. The van der Waals surface area contributed by atoms with Gasteiger partial charge in [-0.2, -0.15) is 0 Å². The summed E-state index contributed by atoms with van der Waals surface area (Å²) < 4.78 is 2.17. The predicted octanol–water partition coefficient (Wildman–Crippen LogP) is 3.16. The summed E-state index contributed by atoms with van der Waals surface area (Å²) in [5, 5.41) is 0. The van der Waals surface area contributed by atoms with E-state index in [4.69, 9.17) is 16.5 Å². The number of fused-ring (bicyclic) bond motifs is 1. The third kappa shape index (κ3) is 2.50. The molecule has 4 rings (SSSR count). The Morgan fingerprint density at radius 1 is 1.04 bits per heavy atom. The summed E-state index contributed by atoms with van der Waals surface area (Å²) in [4.78, 5) is 13.6. The zero-order valence-electron chi connectivity index (χ0n) is 12.9. The lowest BCUT2D eigenvalue weighted by Gasteiger charge is -2.23. The number of hydrogen-bond donors (Lipinski definition) is 2. The molecule has 0 aliphatic heterocycles. The first-order valence-electron chi connectivity index (χ1n) is 8.08. The van der Waals surface area contributed by atoms with Gasteiger partial charge in [-0.3, -0.25) is 0 Å². The summed E-state index contributed by atoms with van der Waals surface area (Å²) in [7, 11) is 0. The first-order chi connectivity index (χ1) is 11.2. The van der Waals surface area contributed by atoms with Crippen molar-refractivity contribution in [1.29, 1.82) is 0 Å². The maximum absolute atomic E-state index is 6.12. The monoisotopic (exact) mass is 308 g/mol. The summed E-state index contributed by atoms with van der Waals surface area (Å²) in [6.45, 7) is 0. The molecule has 1 saturated carbocycles. The van der Waals surface area contributed by atoms with E-state index in [0.717, 1.165) is 11.2 Å². The molecule has 6 heteroatoms. The minimum atomic E-state index is 0.419. The van der Waals surface area contributed by atoms with E-state index in [9.17, 15) is 0 Å². The van der Waals surface area contributed by atoms with E-state index in [1.165, 1.54) is 32.1 Å². The molecule has 1 aromatic carbocycles. The van der Waals surface area contributed by atoms with E-state index in [2.05, 4.69) is 14.5 Å². The summed E-state index contributed by atoms with van der Waals surface area (Å²) in [5.74, 6) is 1.02. The third-order valence-electron chi connectivity index (χ3n) is 4.56. The molecule has 1 aliphatic rings. The molecule has 4 N–H and O–H groups in total. The van der Waals surface area contributed by atoms with Crippen molar-refractivity contribution < 1.29 is 0 Å². The van der Waals surface area contributed by atoms with Crippen molar-refractivity contribution in [2.75, 3.05) is 11.5 Å². The van der Waals surface area contributed by atoms with Gasteiger partial charge in [0.05, 0.1) is 6.33 Å². The molecule has 0 atom stereocenters. The highest BCUT2D eigenvalue weighted by molar-refractivity contribution is 5.84. The van der Waals surface area contributed by atoms with Crippen LogP contribution in [0, 0.1) is 0 Å². The second-order valence-corrected chi connectivity index (χ2v) is 6.17. The molecule has 0 spiro atoms. The van der Waals surface area contributed by atoms with Crippen LogP contribution in [-0.4, -0.2) is 19.5 Å². The molecule has 6 nitrogen and oxygen atoms in total. The number of nitrogens with zero attached hydrogens (tertiary/aromatic N) is 4. The lowest BCUT2D eigenvalue weighted by molar-refractivity contribution is 0.358. The van der Waals surface area contributed by atoms with Gasteiger partial charge in [0.25, 0.3) is 0 Å². The van der Waals surface area contributed by atoms with Crippen LogP contribution in [0.3, 0.4) is 0 Å². The molecule has 0 amide bonds. The maximum Gasteiger partial charge on any atom is 0.166 e. The highest BCUT2D eigenvalue weighted by Gasteiger charge is 2.20. The van der Waals surface area contributed by atoms with E-state index < -0.39 is 0 Å². The van der Waals surface area contributed by atoms with Crippen LogP contribution in [0.25, 0.3) is 22.6 Å². The fourth-order valence-electron chi connectivity index (χ4n) is 3.37. The fourth-order valence-corrected chi connectivity index (χ4v) is 3.37. The Morgan fingerprint density at radius 3 is 2.65 bits per heavy atom. The van der Waals surface area contributed by atoms with Crippen LogP contribution in [0.4, 0.5) is 11.5 Å². The van der Waals surface area contributed by atoms with Crippen LogP contribution in [0.15, 0.2) is 30.6 Å². The average Bonchev–Trinajstić information content (AvgIpc) is 3.00. The SMILES string of the molecule is Nc1cccc(-c2nc(N)c3ncn(C4CCCCC4)c3n2)c1. The highest BCUT2D eigenvalue weighted by atomic mass is 15.2. The van der Waals surface area contributed by atoms with Gasteiger partial charge in [0.1, 0.15) is 5.52 Å². The van der Waals surface area contributed by atoms with E-state index in [1.54, 1.807) is 0 Å². The molecule has 0 bridgehead atoms. The van der Waals surface area contributed by atoms with E-state index in [1.807, 2.05) is 30.6 Å². The Hall–Kier alpha value is -2.63. The molecule has 2 aromatic heterocycles. The quantitative estimate of drug-likeness (QED) is 0.709. The summed E-state index contributed by atoms with van der Waals surface area (Å²) in [6.07, 6.45) is 8.02. The van der Waals surface area contributed by atoms with E-state index in [-0.39, 0.29) is 0 Å². The van der Waals surface area contributed by atoms with Gasteiger partial charge >= 0.3 is 0 Å². The van der Waals surface area contributed by atoms with Gasteiger partial charge in [0.15, 0.2) is 17.3 Å². The largest absolute Gasteiger partial charge is 0.399 e. The molecular formula is C17H20N6. The number of aromatic nitrogens is 4. The van der Waals surface area contributed by atoms with Crippen molar-refractivity contribution >= 4 is 22.7 Å². The van der Waals surface area contributed by atoms with Gasteiger partial charge in [0.2, 0.25) is 0 Å². The number of hydrogen-bond acceptors (Lipinski definition) is 5. The topological polar surface area (TPSA) is 95.6 Å². The number of benzene rings is 1. The maximum atomic E-state index is 6.12. The lowest BCUT2D eigenvalue weighted by Crippen LogP contribution is -2.12. The van der Waals surface area contributed by atoms with Gasteiger partial charge < -0.3 is 16.0 Å². The third-order valence-corrected chi connectivity index (χ3v) is 4.56. The summed E-state index contributed by atoms with van der Waals surface area (Å²) in [6, 6.07) is 8.00. The highest BCUT2D eigenvalue weighted by Crippen LogP contribution is 2.32. The standard InChI is InChI=1S/C17H20N6/c18-12-6-4-5-11(9-12)16-21-15(19)14-17(22-16)23(10-20-14)13-7-2-1-3-8-13/h4-6,9-10,13H,1-3,7-8,18H2,(H2,19,21,22). The van der Waals surface area contributed by atoms with Gasteiger partial charge in [-0.05, 0) is 25.0 Å². The van der Waals surface area contributed by atoms with Gasteiger partial charge in [-0.1, -0.05) is 31.4 Å². The Kier molecular flexibility index (Phi) is 3.37. The van der Waals surface area contributed by atoms with Crippen molar-refractivity contribution in [3.05, 3.63) is 30.6 Å². The molecule has 118 valence electrons. The van der Waals surface area contributed by atoms with Crippen molar-refractivity contribution in [2.45, 2.75) is 38.1 Å². The summed E-state index contributed by atoms with van der Waals surface area (Å²) in [5.41, 5.74) is 15.0. The number of imidazole rings is 1. The Bertz CT molecular complexity index is 847. The van der Waals surface area contributed by atoms with Crippen molar-refractivity contribution in [3.8, 4) is 11.4 Å². The van der Waals surface area contributed by atoms with Gasteiger partial charge in [-0.15, -0.1) is 0 Å². The number of rotatable bonds is 2. The molecule has 23 heavy (non-hydrogen) atoms. The lowest BCUT2D eigenvalue weighted by atomic mass is 9.95. The summed E-state index contributed by atoms with van der Waals surface area (Å²) >= 11 is 0. The van der Waals surface area contributed by atoms with Crippen LogP contribution in [0.2, 0.25) is 0 Å². The molecule has 3 aromatic rings. The molecule has 0 unspecified atom stereocenters. The molecule has 2 heterocycles. The number of anilines is 2. The molecular weight excluding hydrogens is 288 g/mol. The molecule has 1 fully saturated rings. The smallest absolute Gasteiger partial charge is 0.166 e. The van der Waals surface area contributed by atoms with Crippen LogP contribution in [0.5, 0.6) is 0 Å². The Labute approximate surface area is 134 Å². The predicted molar refractivity (Wildman–Crippen MR) is 91.7 cm³/mol. The van der Waals surface area contributed by atoms with Gasteiger partial charge in [0, 0.05) is 17.3 Å². The van der Waals surface area contributed by atoms with Crippen molar-refractivity contribution in [1.82, 2.24) is 19.5 Å². The Morgan fingerprint density at radius 2 is 1.87 bits per heavy atom. The van der Waals surface area contributed by atoms with Crippen molar-refractivity contribution in [3.63, 3.8) is 0 Å². The van der Waals surface area contributed by atoms with Gasteiger partial charge in [-0.25, -0.2) is 15.0 Å². The molecule has 0 saturated heterocycles. The van der Waals surface area contributed by atoms with Crippen LogP contribution < -0.4 is 11.5 Å². The number of nitrogens with two attached hydrogens (primary N) is 2. The fraction of sp³-hybridized carbons (Fsp3) is 0.353. The Balaban J connectivity index is 1.84. The normalized spacial score (nSPS) is 16.0. The minimum absolute atomic E-state index is 0.419. The zero-order chi connectivity index (χ0) is 15.8. The van der Waals surface area contributed by atoms with Crippen LogP contribution in [0.1, 0.15) is 38.1 Å².